The predicted octanol–water partition coefficient (Wildman–Crippen LogP) is 2.47. The molecule has 1 heterocycles. The summed E-state index contributed by atoms with van der Waals surface area (Å²) in [6.45, 7) is 5.76. The molecule has 0 aliphatic rings. The van der Waals surface area contributed by atoms with E-state index in [0.717, 1.165) is 34.3 Å². The van der Waals surface area contributed by atoms with Crippen LogP contribution in [0.2, 0.25) is 0 Å². The lowest BCUT2D eigenvalue weighted by atomic mass is 10.1. The lowest BCUT2D eigenvalue weighted by molar-refractivity contribution is 0.414. The number of ether oxygens (including phenoxy) is 1. The molecule has 88 valence electrons. The number of hydrogen-bond donors (Lipinski definition) is 0. The van der Waals surface area contributed by atoms with E-state index in [2.05, 4.69) is 15.0 Å². The average molecular weight is 229 g/mol. The zero-order valence-corrected chi connectivity index (χ0v) is 10.5. The molecule has 0 saturated carbocycles. The summed E-state index contributed by atoms with van der Waals surface area (Å²) in [7, 11) is 1.66. The molecular formula is C13H15N3O. The molecule has 4 heteroatoms. The maximum Gasteiger partial charge on any atom is 0.163 e. The van der Waals surface area contributed by atoms with Crippen LogP contribution in [0, 0.1) is 20.8 Å². The number of aryl methyl sites for hydroxylation is 3. The van der Waals surface area contributed by atoms with Crippen LogP contribution in [0.5, 0.6) is 5.75 Å². The lowest BCUT2D eigenvalue weighted by Crippen LogP contribution is -2.00. The monoisotopic (exact) mass is 229 g/mol. The fourth-order valence-corrected chi connectivity index (χ4v) is 1.75. The lowest BCUT2D eigenvalue weighted by Gasteiger charge is -2.07. The molecule has 0 unspecified atom stereocenters. The van der Waals surface area contributed by atoms with Crippen molar-refractivity contribution in [1.29, 1.82) is 0 Å². The van der Waals surface area contributed by atoms with E-state index in [9.17, 15) is 0 Å². The van der Waals surface area contributed by atoms with Gasteiger partial charge in [0.1, 0.15) is 17.4 Å². The van der Waals surface area contributed by atoms with Crippen molar-refractivity contribution in [3.8, 4) is 17.1 Å². The van der Waals surface area contributed by atoms with Crippen molar-refractivity contribution in [1.82, 2.24) is 15.0 Å². The third-order valence-electron chi connectivity index (χ3n) is 2.53. The first-order valence-electron chi connectivity index (χ1n) is 5.44. The van der Waals surface area contributed by atoms with Crippen LogP contribution in [-0.2, 0) is 0 Å². The molecule has 17 heavy (non-hydrogen) atoms. The van der Waals surface area contributed by atoms with Gasteiger partial charge in [0, 0.05) is 5.56 Å². The molecule has 0 aliphatic heterocycles. The van der Waals surface area contributed by atoms with Crippen molar-refractivity contribution in [3.05, 3.63) is 35.4 Å². The van der Waals surface area contributed by atoms with Gasteiger partial charge in [-0.3, -0.25) is 0 Å². The highest BCUT2D eigenvalue weighted by molar-refractivity contribution is 5.61. The van der Waals surface area contributed by atoms with Crippen molar-refractivity contribution in [2.45, 2.75) is 20.8 Å². The van der Waals surface area contributed by atoms with Gasteiger partial charge in [-0.05, 0) is 44.5 Å². The van der Waals surface area contributed by atoms with Gasteiger partial charge in [-0.15, -0.1) is 0 Å². The summed E-state index contributed by atoms with van der Waals surface area (Å²) >= 11 is 0. The van der Waals surface area contributed by atoms with Gasteiger partial charge in [0.2, 0.25) is 0 Å². The second kappa shape index (κ2) is 4.49. The molecule has 0 saturated heterocycles. The summed E-state index contributed by atoms with van der Waals surface area (Å²) in [6.07, 6.45) is 0. The minimum Gasteiger partial charge on any atom is -0.497 e. The standard InChI is InChI=1S/C13H15N3O/c1-8-7-11(17-4)5-6-12(8)13-15-9(2)14-10(3)16-13/h5-7H,1-4H3. The van der Waals surface area contributed by atoms with Crippen LogP contribution in [0.4, 0.5) is 0 Å². The average Bonchev–Trinajstić information content (AvgIpc) is 2.27. The Balaban J connectivity index is 2.52. The fraction of sp³-hybridized carbons (Fsp3) is 0.308. The zero-order valence-electron chi connectivity index (χ0n) is 10.5. The van der Waals surface area contributed by atoms with Crippen molar-refractivity contribution in [2.24, 2.45) is 0 Å². The molecule has 4 nitrogen and oxygen atoms in total. The molecular weight excluding hydrogens is 214 g/mol. The third kappa shape index (κ3) is 2.41. The molecule has 0 fully saturated rings. The van der Waals surface area contributed by atoms with E-state index in [-0.39, 0.29) is 0 Å². The highest BCUT2D eigenvalue weighted by Crippen LogP contribution is 2.24. The molecule has 0 atom stereocenters. The maximum atomic E-state index is 5.18. The summed E-state index contributed by atoms with van der Waals surface area (Å²) in [5.74, 6) is 3.04. The van der Waals surface area contributed by atoms with Crippen LogP contribution in [-0.4, -0.2) is 22.1 Å². The van der Waals surface area contributed by atoms with Crippen molar-refractivity contribution >= 4 is 0 Å². The van der Waals surface area contributed by atoms with Crippen molar-refractivity contribution in [2.75, 3.05) is 7.11 Å². The van der Waals surface area contributed by atoms with Crippen LogP contribution in [0.1, 0.15) is 17.2 Å². The van der Waals surface area contributed by atoms with Crippen molar-refractivity contribution in [3.63, 3.8) is 0 Å². The molecule has 0 bridgehead atoms. The molecule has 0 radical (unpaired) electrons. The summed E-state index contributed by atoms with van der Waals surface area (Å²) in [6, 6.07) is 5.86. The van der Waals surface area contributed by atoms with Crippen LogP contribution < -0.4 is 4.74 Å². The Kier molecular flexibility index (Phi) is 3.04. The van der Waals surface area contributed by atoms with E-state index < -0.39 is 0 Å². The second-order valence-electron chi connectivity index (χ2n) is 3.93. The first kappa shape index (κ1) is 11.5. The van der Waals surface area contributed by atoms with E-state index in [0.29, 0.717) is 0 Å². The molecule has 0 aliphatic carbocycles. The second-order valence-corrected chi connectivity index (χ2v) is 3.93. The largest absolute Gasteiger partial charge is 0.497 e. The fourth-order valence-electron chi connectivity index (χ4n) is 1.75. The van der Waals surface area contributed by atoms with Crippen LogP contribution in [0.25, 0.3) is 11.4 Å². The minimum absolute atomic E-state index is 0.718. The minimum atomic E-state index is 0.718. The van der Waals surface area contributed by atoms with Crippen LogP contribution in [0.3, 0.4) is 0 Å². The molecule has 1 aromatic carbocycles. The van der Waals surface area contributed by atoms with Gasteiger partial charge in [-0.2, -0.15) is 0 Å². The molecule has 0 amide bonds. The van der Waals surface area contributed by atoms with Gasteiger partial charge in [0.05, 0.1) is 7.11 Å². The maximum absolute atomic E-state index is 5.18. The van der Waals surface area contributed by atoms with Gasteiger partial charge >= 0.3 is 0 Å². The van der Waals surface area contributed by atoms with Gasteiger partial charge < -0.3 is 4.74 Å². The Morgan fingerprint density at radius 2 is 1.59 bits per heavy atom. The Bertz CT molecular complexity index is 532. The van der Waals surface area contributed by atoms with E-state index in [1.165, 1.54) is 0 Å². The Morgan fingerprint density at radius 3 is 2.12 bits per heavy atom. The smallest absolute Gasteiger partial charge is 0.163 e. The van der Waals surface area contributed by atoms with Crippen LogP contribution in [0.15, 0.2) is 18.2 Å². The highest BCUT2D eigenvalue weighted by atomic mass is 16.5. The van der Waals surface area contributed by atoms with Gasteiger partial charge in [-0.25, -0.2) is 15.0 Å². The molecule has 2 rings (SSSR count). The zero-order chi connectivity index (χ0) is 12.4. The van der Waals surface area contributed by atoms with Gasteiger partial charge in [0.25, 0.3) is 0 Å². The number of aromatic nitrogens is 3. The van der Waals surface area contributed by atoms with E-state index in [1.54, 1.807) is 7.11 Å². The Morgan fingerprint density at radius 1 is 0.941 bits per heavy atom. The summed E-state index contributed by atoms with van der Waals surface area (Å²) in [4.78, 5) is 12.9. The Labute approximate surface area is 101 Å². The van der Waals surface area contributed by atoms with E-state index in [1.807, 2.05) is 39.0 Å². The predicted molar refractivity (Wildman–Crippen MR) is 66.0 cm³/mol. The molecule has 2 aromatic rings. The molecule has 0 spiro atoms. The van der Waals surface area contributed by atoms with Gasteiger partial charge in [-0.1, -0.05) is 0 Å². The quantitative estimate of drug-likeness (QED) is 0.793. The number of hydrogen-bond acceptors (Lipinski definition) is 4. The normalized spacial score (nSPS) is 10.4. The summed E-state index contributed by atoms with van der Waals surface area (Å²) in [5, 5.41) is 0. The first-order chi connectivity index (χ1) is 8.10. The topological polar surface area (TPSA) is 47.9 Å². The first-order valence-corrected chi connectivity index (χ1v) is 5.44. The number of benzene rings is 1. The SMILES string of the molecule is COc1ccc(-c2nc(C)nc(C)n2)c(C)c1. The summed E-state index contributed by atoms with van der Waals surface area (Å²) < 4.78 is 5.18. The van der Waals surface area contributed by atoms with Gasteiger partial charge in [0.15, 0.2) is 5.82 Å². The van der Waals surface area contributed by atoms with Crippen molar-refractivity contribution < 1.29 is 4.74 Å². The number of methoxy groups -OCH3 is 1. The number of nitrogens with zero attached hydrogens (tertiary/aromatic N) is 3. The third-order valence-corrected chi connectivity index (χ3v) is 2.53. The number of rotatable bonds is 2. The Hall–Kier alpha value is -1.97. The summed E-state index contributed by atoms with van der Waals surface area (Å²) in [5.41, 5.74) is 2.11. The highest BCUT2D eigenvalue weighted by Gasteiger charge is 2.07. The van der Waals surface area contributed by atoms with Crippen LogP contribution >= 0.6 is 0 Å². The van der Waals surface area contributed by atoms with E-state index in [4.69, 9.17) is 4.74 Å². The molecule has 1 aromatic heterocycles. The van der Waals surface area contributed by atoms with E-state index >= 15 is 0 Å². The molecule has 0 N–H and O–H groups in total.